The Balaban J connectivity index is 1.74. The number of ether oxygens (including phenoxy) is 2. The lowest BCUT2D eigenvalue weighted by atomic mass is 10.00. The Hall–Kier alpha value is -2.69. The van der Waals surface area contributed by atoms with Gasteiger partial charge >= 0.3 is 6.36 Å². The fraction of sp³-hybridized carbons (Fsp3) is 0.238. The summed E-state index contributed by atoms with van der Waals surface area (Å²) >= 11 is 7.50. The molecular formula is C21H20ClF3N4O2S. The molecule has 2 unspecified atom stereocenters. The van der Waals surface area contributed by atoms with E-state index in [0.717, 1.165) is 17.5 Å². The van der Waals surface area contributed by atoms with Gasteiger partial charge in [-0.3, -0.25) is 9.99 Å². The second-order valence-electron chi connectivity index (χ2n) is 6.73. The van der Waals surface area contributed by atoms with Gasteiger partial charge in [0.15, 0.2) is 5.84 Å². The Bertz CT molecular complexity index is 1030. The number of halogens is 4. The zero-order valence-electron chi connectivity index (χ0n) is 17.1. The van der Waals surface area contributed by atoms with E-state index in [1.807, 2.05) is 19.1 Å². The largest absolute Gasteiger partial charge is 0.573 e. The number of hydrazine groups is 1. The Morgan fingerprint density at radius 1 is 1.25 bits per heavy atom. The molecule has 2 N–H and O–H groups in total. The Labute approximate surface area is 192 Å². The van der Waals surface area contributed by atoms with Crippen molar-refractivity contribution in [1.82, 2.24) is 9.99 Å². The number of amidine groups is 1. The molecule has 6 nitrogen and oxygen atoms in total. The van der Waals surface area contributed by atoms with Gasteiger partial charge < -0.3 is 9.47 Å². The van der Waals surface area contributed by atoms with Gasteiger partial charge in [-0.05, 0) is 42.0 Å². The van der Waals surface area contributed by atoms with E-state index in [4.69, 9.17) is 22.2 Å². The van der Waals surface area contributed by atoms with E-state index in [0.29, 0.717) is 22.2 Å². The molecule has 1 aliphatic rings. The van der Waals surface area contributed by atoms with Crippen molar-refractivity contribution in [3.05, 3.63) is 72.2 Å². The summed E-state index contributed by atoms with van der Waals surface area (Å²) in [5, 5.41) is 0.930. The predicted octanol–water partition coefficient (Wildman–Crippen LogP) is 5.43. The number of nitrogens with two attached hydrogens (primary N) is 1. The lowest BCUT2D eigenvalue weighted by Gasteiger charge is -2.28. The van der Waals surface area contributed by atoms with Gasteiger partial charge in [0, 0.05) is 29.0 Å². The molecule has 170 valence electrons. The van der Waals surface area contributed by atoms with E-state index in [2.05, 4.69) is 14.1 Å². The quantitative estimate of drug-likeness (QED) is 0.334. The van der Waals surface area contributed by atoms with Crippen LogP contribution in [-0.2, 0) is 0 Å². The van der Waals surface area contributed by atoms with Gasteiger partial charge in [0.2, 0.25) is 0 Å². The molecule has 2 heterocycles. The summed E-state index contributed by atoms with van der Waals surface area (Å²) in [7, 11) is 1.57. The van der Waals surface area contributed by atoms with Crippen molar-refractivity contribution >= 4 is 29.4 Å². The minimum Gasteiger partial charge on any atom is -0.495 e. The number of hydrogen-bond acceptors (Lipinski definition) is 6. The van der Waals surface area contributed by atoms with Crippen LogP contribution in [0.4, 0.5) is 13.2 Å². The third kappa shape index (κ3) is 6.41. The molecule has 0 spiro atoms. The monoisotopic (exact) mass is 484 g/mol. The number of allylic oxidation sites excluding steroid dienone is 2. The molecule has 11 heteroatoms. The number of rotatable bonds is 6. The Morgan fingerprint density at radius 3 is 2.62 bits per heavy atom. The highest BCUT2D eigenvalue weighted by atomic mass is 35.5. The van der Waals surface area contributed by atoms with Gasteiger partial charge in [-0.2, -0.15) is 4.40 Å². The van der Waals surface area contributed by atoms with Crippen LogP contribution >= 0.6 is 23.5 Å². The lowest BCUT2D eigenvalue weighted by molar-refractivity contribution is -0.274. The number of benzene rings is 1. The van der Waals surface area contributed by atoms with E-state index in [1.54, 1.807) is 31.7 Å². The maximum atomic E-state index is 12.3. The summed E-state index contributed by atoms with van der Waals surface area (Å²) in [6.45, 7) is 1.98. The van der Waals surface area contributed by atoms with Crippen LogP contribution < -0.4 is 15.3 Å². The van der Waals surface area contributed by atoms with Gasteiger partial charge in [-0.15, -0.1) is 24.8 Å². The van der Waals surface area contributed by atoms with Gasteiger partial charge in [0.05, 0.1) is 24.4 Å². The summed E-state index contributed by atoms with van der Waals surface area (Å²) in [5.74, 6) is 6.98. The van der Waals surface area contributed by atoms with Crippen molar-refractivity contribution in [2.75, 3.05) is 7.11 Å². The third-order valence-corrected chi connectivity index (χ3v) is 5.57. The molecule has 0 radical (unpaired) electrons. The fourth-order valence-corrected chi connectivity index (χ4v) is 3.67. The van der Waals surface area contributed by atoms with Gasteiger partial charge in [-0.1, -0.05) is 19.1 Å². The van der Waals surface area contributed by atoms with E-state index in [9.17, 15) is 13.2 Å². The molecule has 1 aromatic carbocycles. The fourth-order valence-electron chi connectivity index (χ4n) is 2.81. The standard InChI is InChI=1S/C21H20ClF3N4O2S/c1-13(14-10-16(30-2)12-27-11-14)9-19-18(22)7-8-20(29(19)26)28-32-17-5-3-15(4-6-17)31-21(23,24)25/h3-13,18H,26H2,1-2H3. The molecule has 2 aromatic rings. The van der Waals surface area contributed by atoms with Crippen LogP contribution in [0.3, 0.4) is 0 Å². The average Bonchev–Trinajstić information content (AvgIpc) is 2.76. The molecule has 3 rings (SSSR count). The number of hydrogen-bond donors (Lipinski definition) is 1. The first-order valence-corrected chi connectivity index (χ1v) is 10.6. The van der Waals surface area contributed by atoms with Crippen molar-refractivity contribution in [2.45, 2.75) is 29.5 Å². The molecule has 0 saturated heterocycles. The predicted molar refractivity (Wildman–Crippen MR) is 119 cm³/mol. The van der Waals surface area contributed by atoms with Crippen molar-refractivity contribution < 1.29 is 22.6 Å². The number of methoxy groups -OCH3 is 1. The van der Waals surface area contributed by atoms with Crippen molar-refractivity contribution in [3.8, 4) is 11.5 Å². The Morgan fingerprint density at radius 2 is 1.97 bits per heavy atom. The molecular weight excluding hydrogens is 465 g/mol. The molecule has 1 aliphatic heterocycles. The van der Waals surface area contributed by atoms with E-state index >= 15 is 0 Å². The molecule has 0 aliphatic carbocycles. The van der Waals surface area contributed by atoms with Gasteiger partial charge in [0.1, 0.15) is 11.5 Å². The van der Waals surface area contributed by atoms with Crippen molar-refractivity contribution in [1.29, 1.82) is 0 Å². The average molecular weight is 485 g/mol. The van der Waals surface area contributed by atoms with Gasteiger partial charge in [0.25, 0.3) is 0 Å². The topological polar surface area (TPSA) is 73.0 Å². The highest BCUT2D eigenvalue weighted by Gasteiger charge is 2.31. The van der Waals surface area contributed by atoms with Crippen LogP contribution in [0.15, 0.2) is 75.9 Å². The number of aromatic nitrogens is 1. The zero-order chi connectivity index (χ0) is 23.3. The molecule has 32 heavy (non-hydrogen) atoms. The Kier molecular flexibility index (Phi) is 7.70. The van der Waals surface area contributed by atoms with Gasteiger partial charge in [-0.25, -0.2) is 5.84 Å². The maximum Gasteiger partial charge on any atom is 0.573 e. The molecule has 0 bridgehead atoms. The normalized spacial score (nSPS) is 20.0. The first kappa shape index (κ1) is 24.0. The minimum atomic E-state index is -4.74. The second-order valence-corrected chi connectivity index (χ2v) is 8.04. The molecule has 0 saturated carbocycles. The first-order valence-electron chi connectivity index (χ1n) is 9.35. The SMILES string of the molecule is COc1cncc(C(C)C=C2C(Cl)C=CC(=NSc3ccc(OC(F)(F)F)cc3)N2N)c1. The van der Waals surface area contributed by atoms with E-state index < -0.39 is 11.7 Å². The first-order chi connectivity index (χ1) is 15.2. The highest BCUT2D eigenvalue weighted by molar-refractivity contribution is 7.98. The number of alkyl halides is 4. The molecule has 1 aromatic heterocycles. The molecule has 0 fully saturated rings. The summed E-state index contributed by atoms with van der Waals surface area (Å²) < 4.78 is 50.3. The summed E-state index contributed by atoms with van der Waals surface area (Å²) in [6.07, 6.45) is 3.98. The van der Waals surface area contributed by atoms with E-state index in [-0.39, 0.29) is 11.7 Å². The van der Waals surface area contributed by atoms with Crippen LogP contribution in [0.5, 0.6) is 11.5 Å². The molecule has 0 amide bonds. The number of nitrogens with zero attached hydrogens (tertiary/aromatic N) is 3. The van der Waals surface area contributed by atoms with Crippen LogP contribution in [-0.4, -0.2) is 34.7 Å². The van der Waals surface area contributed by atoms with Crippen molar-refractivity contribution in [2.24, 2.45) is 10.2 Å². The maximum absolute atomic E-state index is 12.3. The molecule has 2 atom stereocenters. The smallest absolute Gasteiger partial charge is 0.495 e. The second kappa shape index (κ2) is 10.3. The van der Waals surface area contributed by atoms with Crippen LogP contribution in [0, 0.1) is 0 Å². The summed E-state index contributed by atoms with van der Waals surface area (Å²) in [4.78, 5) is 4.78. The van der Waals surface area contributed by atoms with Crippen LogP contribution in [0.2, 0.25) is 0 Å². The minimum absolute atomic E-state index is 0.0542. The third-order valence-electron chi connectivity index (χ3n) is 4.44. The van der Waals surface area contributed by atoms with E-state index in [1.165, 1.54) is 29.3 Å². The van der Waals surface area contributed by atoms with Crippen LogP contribution in [0.1, 0.15) is 18.4 Å². The van der Waals surface area contributed by atoms with Crippen molar-refractivity contribution in [3.63, 3.8) is 0 Å². The lowest BCUT2D eigenvalue weighted by Crippen LogP contribution is -2.41. The van der Waals surface area contributed by atoms with Crippen LogP contribution in [0.25, 0.3) is 0 Å². The zero-order valence-corrected chi connectivity index (χ0v) is 18.7. The highest BCUT2D eigenvalue weighted by Crippen LogP contribution is 2.30. The summed E-state index contributed by atoms with van der Waals surface area (Å²) in [5.41, 5.74) is 1.57. The number of pyridine rings is 1. The summed E-state index contributed by atoms with van der Waals surface area (Å²) in [6, 6.07) is 7.27.